The number of hydrogen-bond donors (Lipinski definition) is 1. The van der Waals surface area contributed by atoms with Gasteiger partial charge >= 0.3 is 0 Å². The summed E-state index contributed by atoms with van der Waals surface area (Å²) >= 11 is 0. The number of rotatable bonds is 3. The zero-order chi connectivity index (χ0) is 11.6. The Morgan fingerprint density at radius 3 is 2.56 bits per heavy atom. The van der Waals surface area contributed by atoms with E-state index < -0.39 is 12.5 Å². The first kappa shape index (κ1) is 10.8. The van der Waals surface area contributed by atoms with Crippen molar-refractivity contribution < 1.29 is 8.78 Å². The Morgan fingerprint density at radius 2 is 1.94 bits per heavy atom. The van der Waals surface area contributed by atoms with Crippen LogP contribution in [0.15, 0.2) is 42.7 Å². The Hall–Kier alpha value is -1.75. The summed E-state index contributed by atoms with van der Waals surface area (Å²) in [4.78, 5) is 0. The van der Waals surface area contributed by atoms with Crippen molar-refractivity contribution in [2.75, 3.05) is 6.54 Å². The number of para-hydroxylation sites is 1. The Morgan fingerprint density at radius 1 is 1.25 bits per heavy atom. The van der Waals surface area contributed by atoms with E-state index in [1.807, 2.05) is 18.2 Å². The van der Waals surface area contributed by atoms with Crippen LogP contribution in [-0.4, -0.2) is 16.3 Å². The van der Waals surface area contributed by atoms with E-state index in [1.54, 1.807) is 12.1 Å². The third kappa shape index (κ3) is 1.94. The SMILES string of the molecule is NCC(F)(F)c1cnn(-c2ccccc2)c1. The number of hydrogen-bond acceptors (Lipinski definition) is 2. The van der Waals surface area contributed by atoms with Crippen LogP contribution in [0.25, 0.3) is 5.69 Å². The molecule has 84 valence electrons. The highest BCUT2D eigenvalue weighted by atomic mass is 19.3. The second-order valence-electron chi connectivity index (χ2n) is 3.42. The molecule has 2 N–H and O–H groups in total. The summed E-state index contributed by atoms with van der Waals surface area (Å²) in [5, 5.41) is 3.88. The van der Waals surface area contributed by atoms with Crippen molar-refractivity contribution in [3.63, 3.8) is 0 Å². The molecule has 5 heteroatoms. The lowest BCUT2D eigenvalue weighted by Crippen LogP contribution is -2.24. The van der Waals surface area contributed by atoms with Gasteiger partial charge in [-0.05, 0) is 12.1 Å². The van der Waals surface area contributed by atoms with Crippen LogP contribution >= 0.6 is 0 Å². The predicted octanol–water partition coefficient (Wildman–Crippen LogP) is 1.92. The van der Waals surface area contributed by atoms with Crippen molar-refractivity contribution in [2.24, 2.45) is 5.73 Å². The normalized spacial score (nSPS) is 11.7. The smallest absolute Gasteiger partial charge is 0.288 e. The summed E-state index contributed by atoms with van der Waals surface area (Å²) in [6.45, 7) is -0.715. The molecule has 0 atom stereocenters. The van der Waals surface area contributed by atoms with Crippen LogP contribution < -0.4 is 5.73 Å². The van der Waals surface area contributed by atoms with Crippen molar-refractivity contribution in [3.8, 4) is 5.69 Å². The van der Waals surface area contributed by atoms with E-state index in [0.717, 1.165) is 11.9 Å². The van der Waals surface area contributed by atoms with Gasteiger partial charge in [0.15, 0.2) is 0 Å². The van der Waals surface area contributed by atoms with E-state index in [4.69, 9.17) is 5.73 Å². The molecule has 0 unspecified atom stereocenters. The van der Waals surface area contributed by atoms with Gasteiger partial charge in [-0.15, -0.1) is 0 Å². The maximum atomic E-state index is 13.2. The molecule has 0 saturated carbocycles. The molecule has 0 aliphatic carbocycles. The third-order valence-electron chi connectivity index (χ3n) is 2.28. The lowest BCUT2D eigenvalue weighted by molar-refractivity contribution is 0.00592. The molecule has 1 heterocycles. The fourth-order valence-electron chi connectivity index (χ4n) is 1.35. The standard InChI is InChI=1S/C11H11F2N3/c12-11(13,8-14)9-6-15-16(7-9)10-4-2-1-3-5-10/h1-7H,8,14H2. The molecule has 0 aliphatic heterocycles. The molecule has 0 radical (unpaired) electrons. The largest absolute Gasteiger partial charge is 0.325 e. The van der Waals surface area contributed by atoms with Gasteiger partial charge < -0.3 is 5.73 Å². The summed E-state index contributed by atoms with van der Waals surface area (Å²) in [6.07, 6.45) is 2.43. The molecule has 3 nitrogen and oxygen atoms in total. The molecular weight excluding hydrogens is 212 g/mol. The fraction of sp³-hybridized carbons (Fsp3) is 0.182. The summed E-state index contributed by atoms with van der Waals surface area (Å²) in [7, 11) is 0. The van der Waals surface area contributed by atoms with Gasteiger partial charge in [-0.2, -0.15) is 13.9 Å². The van der Waals surface area contributed by atoms with E-state index >= 15 is 0 Å². The fourth-order valence-corrected chi connectivity index (χ4v) is 1.35. The van der Waals surface area contributed by atoms with Gasteiger partial charge in [0.1, 0.15) is 0 Å². The van der Waals surface area contributed by atoms with E-state index in [2.05, 4.69) is 5.10 Å². The summed E-state index contributed by atoms with van der Waals surface area (Å²) in [5.74, 6) is -3.02. The van der Waals surface area contributed by atoms with Gasteiger partial charge in [-0.1, -0.05) is 18.2 Å². The van der Waals surface area contributed by atoms with Crippen molar-refractivity contribution in [3.05, 3.63) is 48.3 Å². The van der Waals surface area contributed by atoms with E-state index in [1.165, 1.54) is 10.9 Å². The molecular formula is C11H11F2N3. The van der Waals surface area contributed by atoms with Crippen molar-refractivity contribution in [1.29, 1.82) is 0 Å². The first-order valence-electron chi connectivity index (χ1n) is 4.82. The molecule has 16 heavy (non-hydrogen) atoms. The number of nitrogens with zero attached hydrogens (tertiary/aromatic N) is 2. The first-order valence-corrected chi connectivity index (χ1v) is 4.82. The molecule has 1 aromatic carbocycles. The molecule has 0 spiro atoms. The minimum absolute atomic E-state index is 0.168. The average molecular weight is 223 g/mol. The molecule has 1 aromatic heterocycles. The van der Waals surface area contributed by atoms with Crippen LogP contribution in [0.4, 0.5) is 8.78 Å². The Labute approximate surface area is 91.5 Å². The minimum atomic E-state index is -3.02. The molecule has 0 fully saturated rings. The van der Waals surface area contributed by atoms with Crippen LogP contribution in [0.3, 0.4) is 0 Å². The lowest BCUT2D eigenvalue weighted by atomic mass is 10.2. The number of halogens is 2. The summed E-state index contributed by atoms with van der Waals surface area (Å²) in [5.41, 5.74) is 5.57. The van der Waals surface area contributed by atoms with E-state index in [0.29, 0.717) is 0 Å². The molecule has 0 amide bonds. The molecule has 0 aliphatic rings. The van der Waals surface area contributed by atoms with Gasteiger partial charge in [0.2, 0.25) is 0 Å². The molecule has 2 aromatic rings. The van der Waals surface area contributed by atoms with Crippen LogP contribution in [0.2, 0.25) is 0 Å². The van der Waals surface area contributed by atoms with Crippen LogP contribution in [-0.2, 0) is 5.92 Å². The van der Waals surface area contributed by atoms with Gasteiger partial charge in [0, 0.05) is 6.20 Å². The average Bonchev–Trinajstić information content (AvgIpc) is 2.80. The maximum Gasteiger partial charge on any atom is 0.288 e. The number of aromatic nitrogens is 2. The second kappa shape index (κ2) is 4.02. The highest BCUT2D eigenvalue weighted by molar-refractivity contribution is 5.31. The number of nitrogens with two attached hydrogens (primary N) is 1. The molecule has 0 saturated heterocycles. The van der Waals surface area contributed by atoms with Gasteiger partial charge in [-0.3, -0.25) is 0 Å². The van der Waals surface area contributed by atoms with Crippen molar-refractivity contribution >= 4 is 0 Å². The Kier molecular flexibility index (Phi) is 2.70. The topological polar surface area (TPSA) is 43.8 Å². The van der Waals surface area contributed by atoms with Crippen LogP contribution in [0.5, 0.6) is 0 Å². The van der Waals surface area contributed by atoms with E-state index in [-0.39, 0.29) is 5.56 Å². The minimum Gasteiger partial charge on any atom is -0.325 e. The van der Waals surface area contributed by atoms with Crippen molar-refractivity contribution in [2.45, 2.75) is 5.92 Å². The Balaban J connectivity index is 2.34. The monoisotopic (exact) mass is 223 g/mol. The van der Waals surface area contributed by atoms with Crippen LogP contribution in [0.1, 0.15) is 5.56 Å². The maximum absolute atomic E-state index is 13.2. The highest BCUT2D eigenvalue weighted by Crippen LogP contribution is 2.26. The third-order valence-corrected chi connectivity index (χ3v) is 2.28. The first-order chi connectivity index (χ1) is 7.63. The summed E-state index contributed by atoms with van der Waals surface area (Å²) < 4.78 is 27.9. The number of alkyl halides is 2. The Bertz CT molecular complexity index is 465. The van der Waals surface area contributed by atoms with Crippen LogP contribution in [0, 0.1) is 0 Å². The zero-order valence-corrected chi connectivity index (χ0v) is 8.48. The highest BCUT2D eigenvalue weighted by Gasteiger charge is 2.31. The molecule has 0 bridgehead atoms. The van der Waals surface area contributed by atoms with E-state index in [9.17, 15) is 8.78 Å². The van der Waals surface area contributed by atoms with Gasteiger partial charge in [0.25, 0.3) is 5.92 Å². The zero-order valence-electron chi connectivity index (χ0n) is 8.48. The second-order valence-corrected chi connectivity index (χ2v) is 3.42. The predicted molar refractivity (Wildman–Crippen MR) is 56.5 cm³/mol. The van der Waals surface area contributed by atoms with Gasteiger partial charge in [0.05, 0.1) is 24.0 Å². The number of benzene rings is 1. The quantitative estimate of drug-likeness (QED) is 0.863. The van der Waals surface area contributed by atoms with Crippen molar-refractivity contribution in [1.82, 2.24) is 9.78 Å². The van der Waals surface area contributed by atoms with Gasteiger partial charge in [-0.25, -0.2) is 4.68 Å². The molecule has 2 rings (SSSR count). The lowest BCUT2D eigenvalue weighted by Gasteiger charge is -2.10. The summed E-state index contributed by atoms with van der Waals surface area (Å²) in [6, 6.07) is 9.06.